The zero-order valence-corrected chi connectivity index (χ0v) is 12.4. The number of ether oxygens (including phenoxy) is 1. The molecule has 0 aromatic carbocycles. The lowest BCUT2D eigenvalue weighted by atomic mass is 10.1. The molecule has 0 aliphatic heterocycles. The monoisotopic (exact) mass is 291 g/mol. The average molecular weight is 291 g/mol. The van der Waals surface area contributed by atoms with Gasteiger partial charge in [-0.3, -0.25) is 0 Å². The van der Waals surface area contributed by atoms with E-state index in [1.807, 2.05) is 0 Å². The fraction of sp³-hybridized carbons (Fsp3) is 0.714. The third-order valence-electron chi connectivity index (χ3n) is 2.81. The first-order valence-corrected chi connectivity index (χ1v) is 7.66. The van der Waals surface area contributed by atoms with Crippen molar-refractivity contribution in [2.75, 3.05) is 19.8 Å². The van der Waals surface area contributed by atoms with Crippen LogP contribution in [0.4, 0.5) is 8.78 Å². The minimum atomic E-state index is -2.38. The number of aryl methyl sites for hydroxylation is 1. The second kappa shape index (κ2) is 9.39. The highest BCUT2D eigenvalue weighted by molar-refractivity contribution is 7.12. The van der Waals surface area contributed by atoms with Crippen molar-refractivity contribution >= 4 is 11.3 Å². The minimum absolute atomic E-state index is 0.211. The average Bonchev–Trinajstić information content (AvgIpc) is 2.86. The fourth-order valence-corrected chi connectivity index (χ4v) is 2.87. The van der Waals surface area contributed by atoms with Crippen molar-refractivity contribution in [2.45, 2.75) is 45.6 Å². The maximum atomic E-state index is 12.0. The van der Waals surface area contributed by atoms with Gasteiger partial charge in [-0.05, 0) is 37.9 Å². The van der Waals surface area contributed by atoms with Crippen molar-refractivity contribution < 1.29 is 13.5 Å². The van der Waals surface area contributed by atoms with Crippen LogP contribution < -0.4 is 5.32 Å². The van der Waals surface area contributed by atoms with Crippen LogP contribution in [0.15, 0.2) is 12.1 Å². The van der Waals surface area contributed by atoms with Crippen molar-refractivity contribution in [1.82, 2.24) is 5.32 Å². The zero-order valence-electron chi connectivity index (χ0n) is 11.6. The molecule has 19 heavy (non-hydrogen) atoms. The van der Waals surface area contributed by atoms with E-state index in [1.165, 1.54) is 9.75 Å². The van der Waals surface area contributed by atoms with Crippen molar-refractivity contribution in [3.63, 3.8) is 0 Å². The van der Waals surface area contributed by atoms with E-state index in [1.54, 1.807) is 11.3 Å². The van der Waals surface area contributed by atoms with Gasteiger partial charge in [-0.1, -0.05) is 13.8 Å². The third kappa shape index (κ3) is 6.45. The summed E-state index contributed by atoms with van der Waals surface area (Å²) in [5.41, 5.74) is 0. The van der Waals surface area contributed by atoms with E-state index in [0.29, 0.717) is 6.61 Å². The number of rotatable bonds is 10. The molecule has 0 amide bonds. The van der Waals surface area contributed by atoms with Gasteiger partial charge in [-0.2, -0.15) is 0 Å². The Morgan fingerprint density at radius 1 is 1.32 bits per heavy atom. The van der Waals surface area contributed by atoms with Crippen molar-refractivity contribution in [2.24, 2.45) is 0 Å². The Bertz CT molecular complexity index is 344. The highest BCUT2D eigenvalue weighted by Gasteiger charge is 2.13. The van der Waals surface area contributed by atoms with Gasteiger partial charge in [0.15, 0.2) is 0 Å². The van der Waals surface area contributed by atoms with Crippen molar-refractivity contribution in [1.29, 1.82) is 0 Å². The molecular weight excluding hydrogens is 268 g/mol. The SMILES string of the molecule is CCCNC(CCOCC(F)F)c1ccc(CC)s1. The Balaban J connectivity index is 2.46. The molecule has 0 fully saturated rings. The van der Waals surface area contributed by atoms with E-state index in [2.05, 4.69) is 31.3 Å². The molecule has 0 saturated carbocycles. The molecule has 1 unspecified atom stereocenters. The molecule has 1 N–H and O–H groups in total. The van der Waals surface area contributed by atoms with Crippen LogP contribution in [0.2, 0.25) is 0 Å². The van der Waals surface area contributed by atoms with Crippen LogP contribution in [0.5, 0.6) is 0 Å². The summed E-state index contributed by atoms with van der Waals surface area (Å²) < 4.78 is 29.0. The lowest BCUT2D eigenvalue weighted by Crippen LogP contribution is -2.23. The van der Waals surface area contributed by atoms with Crippen LogP contribution in [0, 0.1) is 0 Å². The molecule has 0 bridgehead atoms. The number of hydrogen-bond acceptors (Lipinski definition) is 3. The molecule has 1 rings (SSSR count). The quantitative estimate of drug-likeness (QED) is 0.657. The standard InChI is InChI=1S/C14H23F2NOS/c1-3-8-17-12(7-9-18-10-14(15)16)13-6-5-11(4-2)19-13/h5-6,12,14,17H,3-4,7-10H2,1-2H3. The zero-order chi connectivity index (χ0) is 14.1. The second-order valence-corrected chi connectivity index (χ2v) is 5.62. The molecule has 0 aliphatic rings. The molecule has 0 aliphatic carbocycles. The van der Waals surface area contributed by atoms with Gasteiger partial charge in [-0.15, -0.1) is 11.3 Å². The summed E-state index contributed by atoms with van der Waals surface area (Å²) in [5.74, 6) is 0. The van der Waals surface area contributed by atoms with Crippen LogP contribution in [0.3, 0.4) is 0 Å². The van der Waals surface area contributed by atoms with E-state index < -0.39 is 13.0 Å². The predicted molar refractivity (Wildman–Crippen MR) is 76.2 cm³/mol. The van der Waals surface area contributed by atoms with Crippen LogP contribution in [-0.4, -0.2) is 26.2 Å². The summed E-state index contributed by atoms with van der Waals surface area (Å²) in [6.45, 7) is 5.08. The van der Waals surface area contributed by atoms with E-state index in [0.717, 1.165) is 25.8 Å². The van der Waals surface area contributed by atoms with Gasteiger partial charge in [0, 0.05) is 22.4 Å². The van der Waals surface area contributed by atoms with Gasteiger partial charge in [0.2, 0.25) is 0 Å². The number of nitrogens with one attached hydrogen (secondary N) is 1. The second-order valence-electron chi connectivity index (χ2n) is 4.42. The van der Waals surface area contributed by atoms with E-state index in [-0.39, 0.29) is 6.04 Å². The Morgan fingerprint density at radius 3 is 2.68 bits per heavy atom. The van der Waals surface area contributed by atoms with E-state index >= 15 is 0 Å². The van der Waals surface area contributed by atoms with Gasteiger partial charge in [-0.25, -0.2) is 8.78 Å². The molecule has 1 aromatic rings. The smallest absolute Gasteiger partial charge is 0.261 e. The van der Waals surface area contributed by atoms with Crippen molar-refractivity contribution in [3.05, 3.63) is 21.9 Å². The lowest BCUT2D eigenvalue weighted by Gasteiger charge is -2.17. The maximum Gasteiger partial charge on any atom is 0.261 e. The first-order valence-electron chi connectivity index (χ1n) is 6.85. The van der Waals surface area contributed by atoms with Gasteiger partial charge < -0.3 is 10.1 Å². The molecule has 1 aromatic heterocycles. The Labute approximate surface area is 118 Å². The lowest BCUT2D eigenvalue weighted by molar-refractivity contribution is 0.0144. The third-order valence-corrected chi connectivity index (χ3v) is 4.15. The molecule has 110 valence electrons. The minimum Gasteiger partial charge on any atom is -0.375 e. The summed E-state index contributed by atoms with van der Waals surface area (Å²) >= 11 is 1.79. The molecule has 2 nitrogen and oxygen atoms in total. The summed E-state index contributed by atoms with van der Waals surface area (Å²) in [5, 5.41) is 3.45. The van der Waals surface area contributed by atoms with Gasteiger partial charge in [0.1, 0.15) is 6.61 Å². The van der Waals surface area contributed by atoms with Crippen molar-refractivity contribution in [3.8, 4) is 0 Å². The van der Waals surface area contributed by atoms with E-state index in [9.17, 15) is 8.78 Å². The van der Waals surface area contributed by atoms with Crippen LogP contribution in [0.1, 0.15) is 42.5 Å². The maximum absolute atomic E-state index is 12.0. The first-order chi connectivity index (χ1) is 9.17. The molecular formula is C14H23F2NOS. The molecule has 0 spiro atoms. The molecule has 1 heterocycles. The molecule has 0 saturated heterocycles. The summed E-state index contributed by atoms with van der Waals surface area (Å²) in [6, 6.07) is 4.48. The van der Waals surface area contributed by atoms with Crippen LogP contribution >= 0.6 is 11.3 Å². The van der Waals surface area contributed by atoms with Gasteiger partial charge in [0.25, 0.3) is 6.43 Å². The van der Waals surface area contributed by atoms with Crippen LogP contribution in [-0.2, 0) is 11.2 Å². The predicted octanol–water partition coefficient (Wildman–Crippen LogP) is 4.02. The molecule has 5 heteroatoms. The summed E-state index contributed by atoms with van der Waals surface area (Å²) in [4.78, 5) is 2.62. The molecule has 1 atom stereocenters. The van der Waals surface area contributed by atoms with Crippen LogP contribution in [0.25, 0.3) is 0 Å². The first kappa shape index (κ1) is 16.5. The highest BCUT2D eigenvalue weighted by atomic mass is 32.1. The Hall–Kier alpha value is -0.520. The number of thiophene rings is 1. The summed E-state index contributed by atoms with van der Waals surface area (Å²) in [6.07, 6.45) is 0.444. The number of alkyl halides is 2. The van der Waals surface area contributed by atoms with Gasteiger partial charge in [0.05, 0.1) is 0 Å². The number of hydrogen-bond donors (Lipinski definition) is 1. The largest absolute Gasteiger partial charge is 0.375 e. The highest BCUT2D eigenvalue weighted by Crippen LogP contribution is 2.26. The Kier molecular flexibility index (Phi) is 8.18. The fourth-order valence-electron chi connectivity index (χ4n) is 1.81. The van der Waals surface area contributed by atoms with Gasteiger partial charge >= 0.3 is 0 Å². The number of halogens is 2. The Morgan fingerprint density at radius 2 is 2.11 bits per heavy atom. The topological polar surface area (TPSA) is 21.3 Å². The normalized spacial score (nSPS) is 13.1. The summed E-state index contributed by atoms with van der Waals surface area (Å²) in [7, 11) is 0. The molecule has 0 radical (unpaired) electrons. The van der Waals surface area contributed by atoms with E-state index in [4.69, 9.17) is 4.74 Å².